The van der Waals surface area contributed by atoms with Gasteiger partial charge in [0, 0.05) is 35.3 Å². The van der Waals surface area contributed by atoms with E-state index in [1.54, 1.807) is 18.2 Å². The average Bonchev–Trinajstić information content (AvgIpc) is 4.11. The summed E-state index contributed by atoms with van der Waals surface area (Å²) in [6, 6.07) is 11.4. The van der Waals surface area contributed by atoms with Gasteiger partial charge < -0.3 is 24.7 Å². The minimum Gasteiger partial charge on any atom is -0.484 e. The van der Waals surface area contributed by atoms with Gasteiger partial charge in [0.1, 0.15) is 40.6 Å². The summed E-state index contributed by atoms with van der Waals surface area (Å²) in [4.78, 5) is 62.4. The minimum atomic E-state index is -3.91. The number of rotatable bonds is 8. The van der Waals surface area contributed by atoms with Gasteiger partial charge in [-0.05, 0) is 94.7 Å². The Morgan fingerprint density at radius 3 is 2.57 bits per heavy atom. The highest BCUT2D eigenvalue weighted by Gasteiger charge is 2.62. The molecule has 3 N–H and O–H groups in total. The molecule has 2 aromatic heterocycles. The van der Waals surface area contributed by atoms with E-state index in [0.29, 0.717) is 65.8 Å². The van der Waals surface area contributed by atoms with Crippen molar-refractivity contribution in [2.45, 2.75) is 107 Å². The Morgan fingerprint density at radius 1 is 1.02 bits per heavy atom. The SMILES string of the molecule is Cc1ccc2oc3c(O[C@@H]4C[C@H]5C(=O)N[C@]6(C(=O)NS(=O)(=O)C7CC7)C[C@H]6C=CCCCCC[C@H](NC(=O)C6CC6)C(=O)N5C4)cc(-c4ccc(F)cc4)nc3c2c1. The molecule has 0 unspecified atom stereocenters. The molecule has 0 spiro atoms. The Morgan fingerprint density at radius 2 is 1.81 bits per heavy atom. The maximum absolute atomic E-state index is 14.6. The van der Waals surface area contributed by atoms with E-state index in [1.165, 1.54) is 17.0 Å². The number of amides is 4. The number of halogens is 1. The lowest BCUT2D eigenvalue weighted by Crippen LogP contribution is -2.58. The maximum Gasteiger partial charge on any atom is 0.259 e. The summed E-state index contributed by atoms with van der Waals surface area (Å²) in [5.74, 6) is -2.70. The monoisotopic (exact) mass is 811 g/mol. The van der Waals surface area contributed by atoms with Gasteiger partial charge in [-0.2, -0.15) is 0 Å². The first-order valence-electron chi connectivity index (χ1n) is 20.3. The summed E-state index contributed by atoms with van der Waals surface area (Å²) >= 11 is 0. The Hall–Kier alpha value is -5.31. The largest absolute Gasteiger partial charge is 0.484 e. The van der Waals surface area contributed by atoms with Crippen LogP contribution >= 0.6 is 0 Å². The normalized spacial score (nSPS) is 26.6. The number of carbonyl (C=O) groups excluding carboxylic acids is 4. The molecular formula is C43H46FN5O8S. The van der Waals surface area contributed by atoms with Crippen LogP contribution in [0.15, 0.2) is 65.1 Å². The highest BCUT2D eigenvalue weighted by Crippen LogP contribution is 2.46. The second kappa shape index (κ2) is 14.8. The van der Waals surface area contributed by atoms with Gasteiger partial charge in [0.25, 0.3) is 5.91 Å². The number of aromatic nitrogens is 1. The standard InChI is InChI=1S/C43H46FN5O8S/c1-24-9-18-35-31(19-24)37-38(57-35)36(21-33(45-37)25-12-14-28(44)15-13-25)56-29-20-34-40(51)47-43(42(53)48-58(54,55)30-16-17-30)22-27(43)7-5-3-2-4-6-8-32(41(52)49(34)23-29)46-39(50)26-10-11-26/h5,7,9,12-15,18-19,21,26-27,29-30,32,34H,2-4,6,8,10-11,16-17,20,22-23H2,1H3,(H,46,50)(H,47,51)(H,48,53)/t27-,29-,32+,34+,43-/m1/s1. The Bertz CT molecular complexity index is 2460. The van der Waals surface area contributed by atoms with Crippen LogP contribution in [0.2, 0.25) is 0 Å². The van der Waals surface area contributed by atoms with Gasteiger partial charge in [-0.25, -0.2) is 17.8 Å². The number of nitrogens with zero attached hydrogens (tertiary/aromatic N) is 2. The number of hydrogen-bond acceptors (Lipinski definition) is 9. The number of carbonyl (C=O) groups is 4. The van der Waals surface area contributed by atoms with E-state index in [4.69, 9.17) is 14.1 Å². The number of allylic oxidation sites excluding steroid dienone is 1. The molecule has 58 heavy (non-hydrogen) atoms. The molecule has 2 aliphatic heterocycles. The number of ether oxygens (including phenoxy) is 1. The molecule has 4 amide bonds. The summed E-state index contributed by atoms with van der Waals surface area (Å²) in [6.45, 7) is 1.93. The van der Waals surface area contributed by atoms with Gasteiger partial charge in [-0.15, -0.1) is 0 Å². The minimum absolute atomic E-state index is 0.0223. The van der Waals surface area contributed by atoms with Gasteiger partial charge in [0.2, 0.25) is 27.7 Å². The summed E-state index contributed by atoms with van der Waals surface area (Å²) in [5, 5.41) is 6.00. The molecule has 15 heteroatoms. The molecule has 13 nitrogen and oxygen atoms in total. The van der Waals surface area contributed by atoms with E-state index in [9.17, 15) is 32.0 Å². The van der Waals surface area contributed by atoms with Crippen LogP contribution in [0, 0.1) is 24.6 Å². The number of fused-ring (bicyclic) bond motifs is 5. The highest BCUT2D eigenvalue weighted by atomic mass is 32.2. The Labute approximate surface area is 335 Å². The molecule has 9 rings (SSSR count). The second-order valence-electron chi connectivity index (χ2n) is 16.6. The predicted molar refractivity (Wildman–Crippen MR) is 212 cm³/mol. The smallest absolute Gasteiger partial charge is 0.259 e. The molecule has 3 aliphatic carbocycles. The van der Waals surface area contributed by atoms with Crippen LogP contribution in [0.1, 0.15) is 76.2 Å². The van der Waals surface area contributed by atoms with Crippen LogP contribution < -0.4 is 20.1 Å². The number of aryl methyl sites for hydroxylation is 1. The van der Waals surface area contributed by atoms with Gasteiger partial charge in [0.05, 0.1) is 17.5 Å². The molecule has 0 radical (unpaired) electrons. The lowest BCUT2D eigenvalue weighted by atomic mass is 10.0. The Kier molecular flexibility index (Phi) is 9.76. The molecule has 2 aromatic carbocycles. The van der Waals surface area contributed by atoms with E-state index in [1.807, 2.05) is 37.3 Å². The van der Waals surface area contributed by atoms with Crippen molar-refractivity contribution in [1.82, 2.24) is 25.2 Å². The summed E-state index contributed by atoms with van der Waals surface area (Å²) in [7, 11) is -3.91. The van der Waals surface area contributed by atoms with Gasteiger partial charge >= 0.3 is 0 Å². The van der Waals surface area contributed by atoms with Crippen molar-refractivity contribution < 1.29 is 41.1 Å². The van der Waals surface area contributed by atoms with Crippen molar-refractivity contribution in [3.8, 4) is 17.0 Å². The number of nitrogens with one attached hydrogen (secondary N) is 3. The van der Waals surface area contributed by atoms with Crippen LogP contribution in [0.4, 0.5) is 4.39 Å². The molecule has 3 saturated carbocycles. The molecule has 4 heterocycles. The summed E-state index contributed by atoms with van der Waals surface area (Å²) in [6.07, 6.45) is 9.11. The van der Waals surface area contributed by atoms with E-state index in [-0.39, 0.29) is 31.2 Å². The van der Waals surface area contributed by atoms with E-state index in [2.05, 4.69) is 15.4 Å². The number of hydrogen-bond donors (Lipinski definition) is 3. The third kappa shape index (κ3) is 7.56. The van der Waals surface area contributed by atoms with Crippen LogP contribution in [-0.4, -0.2) is 77.5 Å². The summed E-state index contributed by atoms with van der Waals surface area (Å²) in [5.41, 5.74) is 2.08. The summed E-state index contributed by atoms with van der Waals surface area (Å²) < 4.78 is 55.0. The van der Waals surface area contributed by atoms with Crippen LogP contribution in [0.3, 0.4) is 0 Å². The fourth-order valence-corrected chi connectivity index (χ4v) is 9.70. The van der Waals surface area contributed by atoms with Crippen molar-refractivity contribution in [3.05, 3.63) is 72.1 Å². The zero-order valence-corrected chi connectivity index (χ0v) is 33.0. The molecule has 4 fully saturated rings. The zero-order chi connectivity index (χ0) is 40.3. The second-order valence-corrected chi connectivity index (χ2v) is 18.6. The number of pyridine rings is 1. The quantitative estimate of drug-likeness (QED) is 0.198. The fourth-order valence-electron chi connectivity index (χ4n) is 8.34. The topological polar surface area (TPSA) is 177 Å². The lowest BCUT2D eigenvalue weighted by molar-refractivity contribution is -0.142. The molecule has 0 bridgehead atoms. The average molecular weight is 812 g/mol. The van der Waals surface area contributed by atoms with Gasteiger partial charge in [-0.3, -0.25) is 23.9 Å². The van der Waals surface area contributed by atoms with Crippen LogP contribution in [-0.2, 0) is 29.2 Å². The third-order valence-corrected chi connectivity index (χ3v) is 13.9. The zero-order valence-electron chi connectivity index (χ0n) is 32.2. The van der Waals surface area contributed by atoms with Crippen LogP contribution in [0.25, 0.3) is 33.3 Å². The molecule has 1 saturated heterocycles. The van der Waals surface area contributed by atoms with Crippen molar-refractivity contribution >= 4 is 55.7 Å². The van der Waals surface area contributed by atoms with Gasteiger partial charge in [0.15, 0.2) is 11.3 Å². The first kappa shape index (κ1) is 38.2. The third-order valence-electron chi connectivity index (χ3n) is 12.1. The van der Waals surface area contributed by atoms with Crippen molar-refractivity contribution in [2.24, 2.45) is 11.8 Å². The maximum atomic E-state index is 14.6. The lowest BCUT2D eigenvalue weighted by Gasteiger charge is -2.30. The molecule has 304 valence electrons. The van der Waals surface area contributed by atoms with Crippen molar-refractivity contribution in [2.75, 3.05) is 6.54 Å². The highest BCUT2D eigenvalue weighted by molar-refractivity contribution is 7.91. The number of sulfonamides is 1. The number of benzene rings is 2. The molecule has 4 aromatic rings. The Balaban J connectivity index is 1.07. The fraction of sp³-hybridized carbons (Fsp3) is 0.465. The van der Waals surface area contributed by atoms with E-state index < -0.39 is 68.5 Å². The van der Waals surface area contributed by atoms with E-state index in [0.717, 1.165) is 36.6 Å². The molecule has 5 aliphatic rings. The van der Waals surface area contributed by atoms with Gasteiger partial charge in [-0.1, -0.05) is 36.6 Å². The van der Waals surface area contributed by atoms with Crippen molar-refractivity contribution in [1.29, 1.82) is 0 Å². The first-order valence-corrected chi connectivity index (χ1v) is 21.9. The van der Waals surface area contributed by atoms with E-state index >= 15 is 0 Å². The first-order chi connectivity index (χ1) is 27.9. The number of furan rings is 1. The molecule has 5 atom stereocenters. The predicted octanol–water partition coefficient (Wildman–Crippen LogP) is 5.34. The van der Waals surface area contributed by atoms with Crippen molar-refractivity contribution in [3.63, 3.8) is 0 Å². The van der Waals surface area contributed by atoms with Crippen LogP contribution in [0.5, 0.6) is 5.75 Å². The molecular weight excluding hydrogens is 766 g/mol.